The van der Waals surface area contributed by atoms with E-state index < -0.39 is 36.3 Å². The van der Waals surface area contributed by atoms with Crippen LogP contribution < -0.4 is 4.90 Å². The van der Waals surface area contributed by atoms with E-state index in [1.807, 2.05) is 4.90 Å². The lowest BCUT2D eigenvalue weighted by Gasteiger charge is -2.36. The Labute approximate surface area is 195 Å². The van der Waals surface area contributed by atoms with Gasteiger partial charge in [0.05, 0.1) is 5.56 Å². The molecule has 0 unspecified atom stereocenters. The molecule has 1 aromatic carbocycles. The number of nitrogens with zero attached hydrogens (tertiary/aromatic N) is 3. The van der Waals surface area contributed by atoms with Crippen molar-refractivity contribution < 1.29 is 49.0 Å². The summed E-state index contributed by atoms with van der Waals surface area (Å²) in [5.74, 6) is 0. The highest BCUT2D eigenvalue weighted by molar-refractivity contribution is 5.68. The fraction of sp³-hybridized carbons (Fsp3) is 0.667. The normalized spacial score (nSPS) is 18.8. The number of hydrogen-bond donors (Lipinski definition) is 0. The average molecular weight is 521 g/mol. The number of rotatable bonds is 4. The molecule has 0 radical (unpaired) electrons. The maximum Gasteiger partial charge on any atom is 0.434 e. The molecule has 35 heavy (non-hydrogen) atoms. The van der Waals surface area contributed by atoms with E-state index in [0.717, 1.165) is 36.3 Å². The van der Waals surface area contributed by atoms with Crippen LogP contribution in [-0.4, -0.2) is 73.6 Å². The molecule has 5 nitrogen and oxygen atoms in total. The Hall–Kier alpha value is -2.38. The molecule has 2 heterocycles. The molecule has 0 N–H and O–H groups in total. The molecule has 0 saturated carbocycles. The van der Waals surface area contributed by atoms with Gasteiger partial charge in [0.1, 0.15) is 0 Å². The molecule has 1 aromatic rings. The van der Waals surface area contributed by atoms with Gasteiger partial charge in [0.2, 0.25) is 0 Å². The van der Waals surface area contributed by atoms with Crippen LogP contribution in [0.2, 0.25) is 0 Å². The number of ether oxygens (including phenoxy) is 1. The smallest absolute Gasteiger partial charge is 0.426 e. The third kappa shape index (κ3) is 7.07. The first-order valence-corrected chi connectivity index (χ1v) is 10.9. The summed E-state index contributed by atoms with van der Waals surface area (Å²) >= 11 is 0. The van der Waals surface area contributed by atoms with E-state index in [4.69, 9.17) is 0 Å². The second kappa shape index (κ2) is 10.3. The van der Waals surface area contributed by atoms with Crippen LogP contribution in [0.5, 0.6) is 0 Å². The van der Waals surface area contributed by atoms with E-state index in [0.29, 0.717) is 24.3 Å². The Morgan fingerprint density at radius 2 is 1.40 bits per heavy atom. The zero-order valence-electron chi connectivity index (χ0n) is 18.4. The number of carbonyl (C=O) groups is 1. The average Bonchev–Trinajstić information content (AvgIpc) is 2.76. The molecule has 198 valence electrons. The summed E-state index contributed by atoms with van der Waals surface area (Å²) in [5, 5.41) is 0. The largest absolute Gasteiger partial charge is 0.434 e. The van der Waals surface area contributed by atoms with Crippen LogP contribution in [0.25, 0.3) is 0 Å². The van der Waals surface area contributed by atoms with Gasteiger partial charge in [-0.05, 0) is 37.0 Å². The van der Waals surface area contributed by atoms with E-state index in [1.165, 1.54) is 6.07 Å². The Morgan fingerprint density at radius 3 is 1.91 bits per heavy atom. The monoisotopic (exact) mass is 521 g/mol. The lowest BCUT2D eigenvalue weighted by molar-refractivity contribution is -0.308. The Kier molecular flexibility index (Phi) is 8.02. The van der Waals surface area contributed by atoms with E-state index in [9.17, 15) is 44.3 Å². The fourth-order valence-electron chi connectivity index (χ4n) is 4.13. The van der Waals surface area contributed by atoms with Crippen molar-refractivity contribution in [3.05, 3.63) is 29.3 Å². The number of hydrogen-bond acceptors (Lipinski definition) is 4. The first-order valence-electron chi connectivity index (χ1n) is 10.9. The van der Waals surface area contributed by atoms with Crippen molar-refractivity contribution in [2.45, 2.75) is 50.4 Å². The van der Waals surface area contributed by atoms with Gasteiger partial charge in [0, 0.05) is 51.5 Å². The number of benzene rings is 1. The van der Waals surface area contributed by atoms with Crippen LogP contribution in [0.4, 0.5) is 50.0 Å². The lowest BCUT2D eigenvalue weighted by Crippen LogP contribution is -2.52. The summed E-state index contributed by atoms with van der Waals surface area (Å²) in [4.78, 5) is 16.3. The van der Waals surface area contributed by atoms with Gasteiger partial charge in [-0.15, -0.1) is 0 Å². The molecule has 2 aliphatic rings. The number of piperazine rings is 1. The van der Waals surface area contributed by atoms with Crippen molar-refractivity contribution in [2.24, 2.45) is 0 Å². The highest BCUT2D eigenvalue weighted by Gasteiger charge is 2.60. The van der Waals surface area contributed by atoms with E-state index in [-0.39, 0.29) is 32.7 Å². The summed E-state index contributed by atoms with van der Waals surface area (Å²) in [6.07, 6.45) is -19.4. The summed E-state index contributed by atoms with van der Waals surface area (Å²) < 4.78 is 119. The zero-order valence-corrected chi connectivity index (χ0v) is 18.4. The predicted molar refractivity (Wildman–Crippen MR) is 107 cm³/mol. The number of alkyl halides is 9. The second-order valence-electron chi connectivity index (χ2n) is 8.50. The number of carbonyl (C=O) groups excluding carboxylic acids is 1. The minimum atomic E-state index is -5.80. The highest BCUT2D eigenvalue weighted by atomic mass is 19.4. The van der Waals surface area contributed by atoms with Gasteiger partial charge in [0.25, 0.3) is 6.10 Å². The van der Waals surface area contributed by atoms with Gasteiger partial charge in [-0.1, -0.05) is 6.07 Å². The van der Waals surface area contributed by atoms with Gasteiger partial charge < -0.3 is 14.5 Å². The predicted octanol–water partition coefficient (Wildman–Crippen LogP) is 5.44. The van der Waals surface area contributed by atoms with Crippen molar-refractivity contribution in [1.82, 2.24) is 9.80 Å². The maximum atomic E-state index is 13.3. The van der Waals surface area contributed by atoms with Crippen LogP contribution in [-0.2, 0) is 17.5 Å². The van der Waals surface area contributed by atoms with Crippen LogP contribution >= 0.6 is 0 Å². The molecular weight excluding hydrogens is 497 g/mol. The molecule has 0 spiro atoms. The minimum Gasteiger partial charge on any atom is -0.426 e. The van der Waals surface area contributed by atoms with Gasteiger partial charge in [0.15, 0.2) is 0 Å². The highest BCUT2D eigenvalue weighted by Crippen LogP contribution is 2.37. The number of halogens is 9. The lowest BCUT2D eigenvalue weighted by atomic mass is 10.0. The molecule has 0 aliphatic carbocycles. The summed E-state index contributed by atoms with van der Waals surface area (Å²) in [6.45, 7) is 1.22. The minimum absolute atomic E-state index is 0.0955. The van der Waals surface area contributed by atoms with Crippen molar-refractivity contribution in [3.8, 4) is 0 Å². The Bertz CT molecular complexity index is 858. The van der Waals surface area contributed by atoms with E-state index in [1.54, 1.807) is 4.90 Å². The summed E-state index contributed by atoms with van der Waals surface area (Å²) in [5.41, 5.74) is 0.281. The summed E-state index contributed by atoms with van der Waals surface area (Å²) in [7, 11) is 0. The molecule has 2 aliphatic heterocycles. The molecule has 2 fully saturated rings. The molecule has 0 bridgehead atoms. The Balaban J connectivity index is 1.66. The van der Waals surface area contributed by atoms with Crippen molar-refractivity contribution >= 4 is 11.8 Å². The van der Waals surface area contributed by atoms with Crippen LogP contribution in [0.1, 0.15) is 30.4 Å². The van der Waals surface area contributed by atoms with E-state index in [2.05, 4.69) is 4.74 Å². The maximum absolute atomic E-state index is 13.3. The van der Waals surface area contributed by atoms with E-state index >= 15 is 0 Å². The first-order chi connectivity index (χ1) is 16.2. The quantitative estimate of drug-likeness (QED) is 0.495. The fourth-order valence-corrected chi connectivity index (χ4v) is 4.13. The van der Waals surface area contributed by atoms with Gasteiger partial charge in [-0.3, -0.25) is 4.90 Å². The number of piperidine rings is 1. The summed E-state index contributed by atoms with van der Waals surface area (Å²) in [6, 6.07) is 3.46. The third-order valence-electron chi connectivity index (χ3n) is 5.95. The van der Waals surface area contributed by atoms with Crippen molar-refractivity contribution in [2.75, 3.05) is 44.2 Å². The first kappa shape index (κ1) is 27.2. The topological polar surface area (TPSA) is 36.0 Å². The standard InChI is InChI=1S/C21H24F9N3O2/c22-19(23,24)15-5-4-14(16(12-15)32-6-2-1-3-7-32)13-31-8-10-33(11-9-31)18(34)35-17(20(25,26)27)21(28,29)30/h4-5,12,17H,1-3,6-11,13H2. The molecule has 0 atom stereocenters. The second-order valence-corrected chi connectivity index (χ2v) is 8.50. The van der Waals surface area contributed by atoms with Gasteiger partial charge in [-0.25, -0.2) is 4.79 Å². The molecule has 1 amide bonds. The molecule has 2 saturated heterocycles. The van der Waals surface area contributed by atoms with Gasteiger partial charge in [-0.2, -0.15) is 39.5 Å². The molecular formula is C21H24F9N3O2. The SMILES string of the molecule is O=C(OC(C(F)(F)F)C(F)(F)F)N1CCN(Cc2ccc(C(F)(F)F)cc2N2CCCCC2)CC1. The number of anilines is 1. The van der Waals surface area contributed by atoms with Crippen molar-refractivity contribution in [3.63, 3.8) is 0 Å². The molecule has 3 rings (SSSR count). The third-order valence-corrected chi connectivity index (χ3v) is 5.95. The van der Waals surface area contributed by atoms with Crippen molar-refractivity contribution in [1.29, 1.82) is 0 Å². The molecule has 0 aromatic heterocycles. The van der Waals surface area contributed by atoms with Crippen LogP contribution in [0.3, 0.4) is 0 Å². The Morgan fingerprint density at radius 1 is 0.829 bits per heavy atom. The number of amides is 1. The van der Waals surface area contributed by atoms with Gasteiger partial charge >= 0.3 is 24.6 Å². The van der Waals surface area contributed by atoms with Crippen LogP contribution in [0, 0.1) is 0 Å². The molecule has 14 heteroatoms. The van der Waals surface area contributed by atoms with Crippen LogP contribution in [0.15, 0.2) is 18.2 Å². The zero-order chi connectivity index (χ0) is 26.0.